The van der Waals surface area contributed by atoms with Gasteiger partial charge in [-0.05, 0) is 13.8 Å². The Labute approximate surface area is 224 Å². The van der Waals surface area contributed by atoms with E-state index >= 15 is 0 Å². The van der Waals surface area contributed by atoms with Gasteiger partial charge in [0.25, 0.3) is 0 Å². The summed E-state index contributed by atoms with van der Waals surface area (Å²) in [5.41, 5.74) is 0. The lowest BCUT2D eigenvalue weighted by atomic mass is 10.2. The van der Waals surface area contributed by atoms with Gasteiger partial charge < -0.3 is 24.2 Å². The molecule has 0 spiro atoms. The van der Waals surface area contributed by atoms with E-state index in [9.17, 15) is 29.1 Å². The van der Waals surface area contributed by atoms with Gasteiger partial charge in [0.2, 0.25) is 5.91 Å². The van der Waals surface area contributed by atoms with Gasteiger partial charge in [-0.15, -0.1) is 0 Å². The minimum Gasteiger partial charge on any atom is -0.480 e. The summed E-state index contributed by atoms with van der Waals surface area (Å²) in [7, 11) is 3.94. The molecular weight excluding hydrogens is 502 g/mol. The van der Waals surface area contributed by atoms with Crippen LogP contribution in [0.1, 0.15) is 13.8 Å². The first-order valence-electron chi connectivity index (χ1n) is 12.6. The van der Waals surface area contributed by atoms with Crippen molar-refractivity contribution in [3.05, 3.63) is 0 Å². The number of carboxylic acids is 1. The van der Waals surface area contributed by atoms with E-state index in [-0.39, 0.29) is 38.1 Å². The first-order valence-corrected chi connectivity index (χ1v) is 12.6. The zero-order chi connectivity index (χ0) is 28.7. The number of amides is 1. The number of hydrogen-bond acceptors (Lipinski definition) is 12. The third-order valence-corrected chi connectivity index (χ3v) is 6.28. The van der Waals surface area contributed by atoms with Crippen molar-refractivity contribution in [2.24, 2.45) is 0 Å². The molecule has 0 aliphatic carbocycles. The van der Waals surface area contributed by atoms with Crippen molar-refractivity contribution in [3.63, 3.8) is 0 Å². The average molecular weight is 546 g/mol. The molecule has 38 heavy (non-hydrogen) atoms. The molecule has 1 rings (SSSR count). The highest BCUT2D eigenvalue weighted by atomic mass is 16.5. The van der Waals surface area contributed by atoms with Crippen molar-refractivity contribution >= 4 is 29.8 Å². The fraction of sp³-hybridized carbons (Fsp3) is 0.792. The Hall–Kier alpha value is -2.81. The van der Waals surface area contributed by atoms with E-state index in [0.29, 0.717) is 52.4 Å². The number of ether oxygens (including phenoxy) is 3. The van der Waals surface area contributed by atoms with Gasteiger partial charge in [0.15, 0.2) is 0 Å². The molecule has 1 aliphatic heterocycles. The fourth-order valence-corrected chi connectivity index (χ4v) is 3.94. The van der Waals surface area contributed by atoms with Gasteiger partial charge >= 0.3 is 23.9 Å². The van der Waals surface area contributed by atoms with Gasteiger partial charge in [0.05, 0.1) is 47.5 Å². The summed E-state index contributed by atoms with van der Waals surface area (Å²) in [4.78, 5) is 69.2. The first-order chi connectivity index (χ1) is 18.0. The molecule has 1 N–H and O–H groups in total. The van der Waals surface area contributed by atoms with Crippen molar-refractivity contribution in [1.82, 2.24) is 24.5 Å². The summed E-state index contributed by atoms with van der Waals surface area (Å²) >= 11 is 0. The molecule has 0 aromatic rings. The molecule has 218 valence electrons. The summed E-state index contributed by atoms with van der Waals surface area (Å²) in [6.45, 7) is 6.70. The molecule has 0 aromatic carbocycles. The summed E-state index contributed by atoms with van der Waals surface area (Å²) in [6, 6.07) is -0.293. The van der Waals surface area contributed by atoms with Crippen molar-refractivity contribution in [3.8, 4) is 0 Å². The van der Waals surface area contributed by atoms with E-state index in [2.05, 4.69) is 0 Å². The number of methoxy groups -OCH3 is 3. The molecular formula is C24H43N5O9. The predicted molar refractivity (Wildman–Crippen MR) is 136 cm³/mol. The maximum atomic E-state index is 13.0. The molecule has 0 unspecified atom stereocenters. The maximum absolute atomic E-state index is 13.0. The van der Waals surface area contributed by atoms with Crippen LogP contribution >= 0.6 is 0 Å². The van der Waals surface area contributed by atoms with Crippen LogP contribution in [-0.2, 0) is 38.2 Å². The van der Waals surface area contributed by atoms with Gasteiger partial charge in [-0.2, -0.15) is 0 Å². The van der Waals surface area contributed by atoms with E-state index in [4.69, 9.17) is 14.2 Å². The number of carbonyl (C=O) groups is 5. The van der Waals surface area contributed by atoms with Gasteiger partial charge in [0.1, 0.15) is 6.54 Å². The minimum absolute atomic E-state index is 0.0158. The number of carbonyl (C=O) groups excluding carboxylic acids is 4. The largest absolute Gasteiger partial charge is 0.480 e. The fourth-order valence-electron chi connectivity index (χ4n) is 3.94. The molecule has 14 nitrogen and oxygen atoms in total. The molecule has 1 saturated heterocycles. The molecule has 0 atom stereocenters. The highest BCUT2D eigenvalue weighted by Crippen LogP contribution is 2.05. The topological polar surface area (TPSA) is 149 Å². The number of carboxylic acid groups (broad SMARTS) is 1. The van der Waals surface area contributed by atoms with Crippen LogP contribution in [0.25, 0.3) is 0 Å². The van der Waals surface area contributed by atoms with Gasteiger partial charge in [0, 0.05) is 58.4 Å². The van der Waals surface area contributed by atoms with Crippen LogP contribution in [0.4, 0.5) is 0 Å². The first kappa shape index (κ1) is 33.2. The Balaban J connectivity index is 3.13. The van der Waals surface area contributed by atoms with E-state index < -0.39 is 30.4 Å². The normalized spacial score (nSPS) is 17.2. The Bertz CT molecular complexity index is 761. The Morgan fingerprint density at radius 3 is 1.16 bits per heavy atom. The number of hydrogen-bond donors (Lipinski definition) is 1. The molecule has 14 heteroatoms. The van der Waals surface area contributed by atoms with Crippen molar-refractivity contribution in [1.29, 1.82) is 0 Å². The second-order valence-corrected chi connectivity index (χ2v) is 9.34. The molecule has 0 radical (unpaired) electrons. The number of esters is 3. The highest BCUT2D eigenvalue weighted by Gasteiger charge is 2.25. The lowest BCUT2D eigenvalue weighted by Crippen LogP contribution is -2.51. The van der Waals surface area contributed by atoms with Crippen molar-refractivity contribution in [2.45, 2.75) is 19.9 Å². The minimum atomic E-state index is -1.09. The maximum Gasteiger partial charge on any atom is 0.323 e. The third-order valence-electron chi connectivity index (χ3n) is 6.28. The molecule has 1 fully saturated rings. The van der Waals surface area contributed by atoms with Crippen LogP contribution in [0.15, 0.2) is 0 Å². The molecule has 0 bridgehead atoms. The molecule has 1 aliphatic rings. The summed E-state index contributed by atoms with van der Waals surface area (Å²) < 4.78 is 14.5. The number of nitrogens with zero attached hydrogens (tertiary/aromatic N) is 5. The monoisotopic (exact) mass is 545 g/mol. The molecule has 1 heterocycles. The van der Waals surface area contributed by atoms with Crippen LogP contribution < -0.4 is 0 Å². The molecule has 1 amide bonds. The Morgan fingerprint density at radius 2 is 0.921 bits per heavy atom. The van der Waals surface area contributed by atoms with Crippen LogP contribution in [0.3, 0.4) is 0 Å². The predicted octanol–water partition coefficient (Wildman–Crippen LogP) is -1.95. The number of rotatable bonds is 11. The summed E-state index contributed by atoms with van der Waals surface area (Å²) in [6.07, 6.45) is 0. The SMILES string of the molecule is COC(=O)CN1CCN(CC(=O)OC)CCN(CC(=O)N(CC(=O)O)C(C)C)CCN(CC(=O)OC)CC1. The van der Waals surface area contributed by atoms with E-state index in [1.54, 1.807) is 13.8 Å². The standard InChI is InChI=1S/C24H43N5O9/c1-19(2)29(15-21(31)32)20(30)14-25-6-8-26(16-22(33)36-3)10-12-28(18-24(35)38-5)13-11-27(9-7-25)17-23(34)37-4/h19H,6-18H2,1-5H3,(H,31,32). The van der Waals surface area contributed by atoms with E-state index in [1.807, 2.05) is 19.6 Å². The Kier molecular flexibility index (Phi) is 15.4. The van der Waals surface area contributed by atoms with Gasteiger partial charge in [-0.1, -0.05) is 0 Å². The van der Waals surface area contributed by atoms with Crippen molar-refractivity contribution in [2.75, 3.05) is 106 Å². The van der Waals surface area contributed by atoms with Crippen LogP contribution in [0, 0.1) is 0 Å². The third kappa shape index (κ3) is 13.1. The molecule has 0 saturated carbocycles. The summed E-state index contributed by atoms with van der Waals surface area (Å²) in [5, 5.41) is 9.23. The van der Waals surface area contributed by atoms with Gasteiger partial charge in [-0.25, -0.2) is 0 Å². The smallest absolute Gasteiger partial charge is 0.323 e. The van der Waals surface area contributed by atoms with E-state index in [1.165, 1.54) is 26.2 Å². The lowest BCUT2D eigenvalue weighted by molar-refractivity contribution is -0.146. The van der Waals surface area contributed by atoms with Gasteiger partial charge in [-0.3, -0.25) is 43.6 Å². The summed E-state index contributed by atoms with van der Waals surface area (Å²) in [5.74, 6) is -2.62. The second kappa shape index (κ2) is 17.7. The zero-order valence-electron chi connectivity index (χ0n) is 23.2. The van der Waals surface area contributed by atoms with E-state index in [0.717, 1.165) is 0 Å². The second-order valence-electron chi connectivity index (χ2n) is 9.34. The van der Waals surface area contributed by atoms with Crippen LogP contribution in [0.2, 0.25) is 0 Å². The molecule has 0 aromatic heterocycles. The quantitative estimate of drug-likeness (QED) is 0.227. The average Bonchev–Trinajstić information content (AvgIpc) is 2.87. The highest BCUT2D eigenvalue weighted by molar-refractivity contribution is 5.83. The van der Waals surface area contributed by atoms with Crippen molar-refractivity contribution < 1.29 is 43.3 Å². The Morgan fingerprint density at radius 1 is 0.632 bits per heavy atom. The zero-order valence-corrected chi connectivity index (χ0v) is 23.2. The number of aliphatic carboxylic acids is 1. The van der Waals surface area contributed by atoms with Crippen LogP contribution in [-0.4, -0.2) is 172 Å². The lowest BCUT2D eigenvalue weighted by Gasteiger charge is -2.34. The van der Waals surface area contributed by atoms with Crippen LogP contribution in [0.5, 0.6) is 0 Å².